The molecule has 4 nitrogen and oxygen atoms in total. The van der Waals surface area contributed by atoms with Crippen LogP contribution in [0, 0.1) is 5.92 Å². The average molecular weight is 260 g/mol. The van der Waals surface area contributed by atoms with E-state index in [9.17, 15) is 8.42 Å². The molecule has 2 heterocycles. The van der Waals surface area contributed by atoms with E-state index in [4.69, 9.17) is 0 Å². The fourth-order valence-corrected chi connectivity index (χ4v) is 4.77. The fourth-order valence-electron chi connectivity index (χ4n) is 2.86. The third-order valence-electron chi connectivity index (χ3n) is 3.84. The topological polar surface area (TPSA) is 49.4 Å². The summed E-state index contributed by atoms with van der Waals surface area (Å²) in [5, 5.41) is 3.28. The Hall–Kier alpha value is -0.130. The second-order valence-electron chi connectivity index (χ2n) is 5.55. The van der Waals surface area contributed by atoms with Crippen LogP contribution in [-0.2, 0) is 9.84 Å². The Kier molecular flexibility index (Phi) is 4.44. The van der Waals surface area contributed by atoms with Crippen molar-refractivity contribution >= 4 is 9.84 Å². The van der Waals surface area contributed by atoms with Gasteiger partial charge >= 0.3 is 0 Å². The SMILES string of the molecule is CC1CNCCN(CC2CCCCS2(=O)=O)C1. The van der Waals surface area contributed by atoms with Crippen molar-refractivity contribution in [1.29, 1.82) is 0 Å². The second kappa shape index (κ2) is 5.67. The molecule has 100 valence electrons. The molecule has 2 fully saturated rings. The van der Waals surface area contributed by atoms with Crippen LogP contribution in [0.4, 0.5) is 0 Å². The van der Waals surface area contributed by atoms with Gasteiger partial charge in [0.25, 0.3) is 0 Å². The van der Waals surface area contributed by atoms with E-state index in [2.05, 4.69) is 17.1 Å². The van der Waals surface area contributed by atoms with E-state index in [0.29, 0.717) is 11.7 Å². The zero-order chi connectivity index (χ0) is 12.3. The second-order valence-corrected chi connectivity index (χ2v) is 7.95. The lowest BCUT2D eigenvalue weighted by Gasteiger charge is -2.29. The van der Waals surface area contributed by atoms with Gasteiger partial charge in [0.15, 0.2) is 9.84 Å². The number of nitrogens with one attached hydrogen (secondary N) is 1. The van der Waals surface area contributed by atoms with Crippen molar-refractivity contribution in [2.45, 2.75) is 31.4 Å². The van der Waals surface area contributed by atoms with Crippen LogP contribution in [0.5, 0.6) is 0 Å². The van der Waals surface area contributed by atoms with Crippen molar-refractivity contribution in [2.75, 3.05) is 38.5 Å². The Morgan fingerprint density at radius 2 is 2.18 bits per heavy atom. The first-order valence-corrected chi connectivity index (χ1v) is 8.44. The Morgan fingerprint density at radius 1 is 1.35 bits per heavy atom. The van der Waals surface area contributed by atoms with E-state index in [0.717, 1.165) is 52.0 Å². The molecular weight excluding hydrogens is 236 g/mol. The van der Waals surface area contributed by atoms with Crippen LogP contribution in [0.1, 0.15) is 26.2 Å². The van der Waals surface area contributed by atoms with Crippen molar-refractivity contribution in [3.63, 3.8) is 0 Å². The van der Waals surface area contributed by atoms with E-state index in [-0.39, 0.29) is 5.25 Å². The summed E-state index contributed by atoms with van der Waals surface area (Å²) in [7, 11) is -2.81. The minimum absolute atomic E-state index is 0.110. The summed E-state index contributed by atoms with van der Waals surface area (Å²) in [6.07, 6.45) is 2.79. The van der Waals surface area contributed by atoms with E-state index in [1.807, 2.05) is 0 Å². The van der Waals surface area contributed by atoms with Gasteiger partial charge in [-0.05, 0) is 25.3 Å². The molecule has 0 amide bonds. The molecule has 0 aliphatic carbocycles. The summed E-state index contributed by atoms with van der Waals surface area (Å²) in [5.41, 5.74) is 0. The number of hydrogen-bond acceptors (Lipinski definition) is 4. The number of rotatable bonds is 2. The van der Waals surface area contributed by atoms with Crippen LogP contribution < -0.4 is 5.32 Å². The highest BCUT2D eigenvalue weighted by Crippen LogP contribution is 2.21. The van der Waals surface area contributed by atoms with Crippen LogP contribution in [-0.4, -0.2) is 57.0 Å². The lowest BCUT2D eigenvalue weighted by atomic mass is 10.1. The molecule has 2 atom stereocenters. The van der Waals surface area contributed by atoms with Crippen LogP contribution in [0.15, 0.2) is 0 Å². The third-order valence-corrected chi connectivity index (χ3v) is 6.10. The maximum atomic E-state index is 12.0. The Bertz CT molecular complexity index is 342. The summed E-state index contributed by atoms with van der Waals surface area (Å²) < 4.78 is 24.0. The minimum atomic E-state index is -2.81. The van der Waals surface area contributed by atoms with E-state index in [1.165, 1.54) is 0 Å². The van der Waals surface area contributed by atoms with Gasteiger partial charge in [-0.2, -0.15) is 0 Å². The highest BCUT2D eigenvalue weighted by atomic mass is 32.2. The molecule has 0 radical (unpaired) electrons. The van der Waals surface area contributed by atoms with Gasteiger partial charge in [0.05, 0.1) is 11.0 Å². The summed E-state index contributed by atoms with van der Waals surface area (Å²) in [6.45, 7) is 7.01. The highest BCUT2D eigenvalue weighted by molar-refractivity contribution is 7.92. The zero-order valence-electron chi connectivity index (χ0n) is 10.7. The molecule has 0 aromatic heterocycles. The first-order chi connectivity index (χ1) is 8.08. The largest absolute Gasteiger partial charge is 0.315 e. The first-order valence-electron chi connectivity index (χ1n) is 6.72. The number of sulfone groups is 1. The molecule has 0 bridgehead atoms. The maximum absolute atomic E-state index is 12.0. The Labute approximate surface area is 105 Å². The molecule has 2 rings (SSSR count). The summed E-state index contributed by atoms with van der Waals surface area (Å²) in [6, 6.07) is 0. The molecule has 0 spiro atoms. The molecule has 2 unspecified atom stereocenters. The molecule has 17 heavy (non-hydrogen) atoms. The molecule has 5 heteroatoms. The van der Waals surface area contributed by atoms with Gasteiger partial charge in [0.2, 0.25) is 0 Å². The van der Waals surface area contributed by atoms with Crippen LogP contribution in [0.25, 0.3) is 0 Å². The molecule has 1 N–H and O–H groups in total. The first kappa shape index (κ1) is 13.3. The zero-order valence-corrected chi connectivity index (χ0v) is 11.5. The lowest BCUT2D eigenvalue weighted by molar-refractivity contribution is 0.258. The molecule has 2 aliphatic rings. The third kappa shape index (κ3) is 3.66. The molecule has 0 aromatic carbocycles. The van der Waals surface area contributed by atoms with E-state index in [1.54, 1.807) is 0 Å². The highest BCUT2D eigenvalue weighted by Gasteiger charge is 2.30. The monoisotopic (exact) mass is 260 g/mol. The summed E-state index contributed by atoms with van der Waals surface area (Å²) in [4.78, 5) is 2.33. The van der Waals surface area contributed by atoms with Gasteiger partial charge in [0, 0.05) is 26.2 Å². The van der Waals surface area contributed by atoms with Crippen molar-refractivity contribution in [1.82, 2.24) is 10.2 Å². The van der Waals surface area contributed by atoms with E-state index < -0.39 is 9.84 Å². The summed E-state index contributed by atoms with van der Waals surface area (Å²) >= 11 is 0. The van der Waals surface area contributed by atoms with Crippen molar-refractivity contribution in [3.05, 3.63) is 0 Å². The molecular formula is C12H24N2O2S. The van der Waals surface area contributed by atoms with Crippen molar-refractivity contribution < 1.29 is 8.42 Å². The van der Waals surface area contributed by atoms with Gasteiger partial charge in [-0.1, -0.05) is 13.3 Å². The van der Waals surface area contributed by atoms with Gasteiger partial charge < -0.3 is 10.2 Å². The van der Waals surface area contributed by atoms with Crippen LogP contribution >= 0.6 is 0 Å². The standard InChI is InChI=1S/C12H24N2O2S/c1-11-8-13-5-6-14(9-11)10-12-4-2-3-7-17(12,15)16/h11-13H,2-10H2,1H3. The van der Waals surface area contributed by atoms with Crippen LogP contribution in [0.2, 0.25) is 0 Å². The Morgan fingerprint density at radius 3 is 2.94 bits per heavy atom. The van der Waals surface area contributed by atoms with Crippen molar-refractivity contribution in [2.24, 2.45) is 5.92 Å². The smallest absolute Gasteiger partial charge is 0.154 e. The molecule has 0 aromatic rings. The van der Waals surface area contributed by atoms with Gasteiger partial charge in [0.1, 0.15) is 0 Å². The quantitative estimate of drug-likeness (QED) is 0.785. The predicted molar refractivity (Wildman–Crippen MR) is 69.9 cm³/mol. The van der Waals surface area contributed by atoms with Gasteiger partial charge in [-0.25, -0.2) is 8.42 Å². The van der Waals surface area contributed by atoms with Crippen molar-refractivity contribution in [3.8, 4) is 0 Å². The maximum Gasteiger partial charge on any atom is 0.154 e. The summed E-state index contributed by atoms with van der Waals surface area (Å²) in [5.74, 6) is 1.02. The fraction of sp³-hybridized carbons (Fsp3) is 1.00. The predicted octanol–water partition coefficient (Wildman–Crippen LogP) is 0.495. The number of nitrogens with zero attached hydrogens (tertiary/aromatic N) is 1. The lowest BCUT2D eigenvalue weighted by Crippen LogP contribution is -2.42. The molecule has 2 saturated heterocycles. The number of hydrogen-bond donors (Lipinski definition) is 1. The average Bonchev–Trinajstić information content (AvgIpc) is 2.46. The van der Waals surface area contributed by atoms with Gasteiger partial charge in [-0.3, -0.25) is 0 Å². The van der Waals surface area contributed by atoms with Crippen LogP contribution in [0.3, 0.4) is 0 Å². The van der Waals surface area contributed by atoms with E-state index >= 15 is 0 Å². The van der Waals surface area contributed by atoms with Gasteiger partial charge in [-0.15, -0.1) is 0 Å². The molecule has 0 saturated carbocycles. The Balaban J connectivity index is 1.94. The molecule has 2 aliphatic heterocycles. The normalized spacial score (nSPS) is 35.4. The minimum Gasteiger partial charge on any atom is -0.315 e.